The molecule has 2 N–H and O–H groups in total. The molecule has 2 rings (SSSR count). The second-order valence-corrected chi connectivity index (χ2v) is 5.61. The van der Waals surface area contributed by atoms with Crippen LogP contribution < -0.4 is 5.73 Å². The molecule has 100 valence electrons. The van der Waals surface area contributed by atoms with Gasteiger partial charge >= 0.3 is 0 Å². The molecular weight excluding hydrogens is 302 g/mol. The fourth-order valence-electron chi connectivity index (χ4n) is 1.79. The van der Waals surface area contributed by atoms with E-state index >= 15 is 0 Å². The lowest BCUT2D eigenvalue weighted by Crippen LogP contribution is -2.21. The van der Waals surface area contributed by atoms with Crippen molar-refractivity contribution in [3.63, 3.8) is 0 Å². The summed E-state index contributed by atoms with van der Waals surface area (Å²) in [4.78, 5) is 8.84. The van der Waals surface area contributed by atoms with Gasteiger partial charge in [0.05, 0.1) is 0 Å². The monoisotopic (exact) mass is 319 g/mol. The van der Waals surface area contributed by atoms with Crippen molar-refractivity contribution in [1.82, 2.24) is 9.97 Å². The normalized spacial score (nSPS) is 12.4. The van der Waals surface area contributed by atoms with Crippen molar-refractivity contribution in [2.24, 2.45) is 5.73 Å². The van der Waals surface area contributed by atoms with E-state index in [1.54, 1.807) is 0 Å². The predicted octanol–water partition coefficient (Wildman–Crippen LogP) is 3.49. The molecule has 0 aliphatic carbocycles. The molecule has 0 fully saturated rings. The number of hydrogen-bond donors (Lipinski definition) is 1. The van der Waals surface area contributed by atoms with Gasteiger partial charge in [-0.15, -0.1) is 0 Å². The van der Waals surface area contributed by atoms with Crippen molar-refractivity contribution in [2.75, 3.05) is 0 Å². The lowest BCUT2D eigenvalue weighted by molar-refractivity contribution is 0.643. The van der Waals surface area contributed by atoms with Gasteiger partial charge in [-0.2, -0.15) is 0 Å². The molecular formula is C15H18BrN3. The van der Waals surface area contributed by atoms with E-state index in [0.29, 0.717) is 0 Å². The maximum absolute atomic E-state index is 5.93. The molecule has 0 aliphatic rings. The number of nitrogens with zero attached hydrogens (tertiary/aromatic N) is 2. The first-order chi connectivity index (χ1) is 9.10. The van der Waals surface area contributed by atoms with Crippen molar-refractivity contribution in [3.8, 4) is 11.4 Å². The molecule has 1 aromatic carbocycles. The highest BCUT2D eigenvalue weighted by Crippen LogP contribution is 2.23. The zero-order valence-corrected chi connectivity index (χ0v) is 12.8. The van der Waals surface area contributed by atoms with Gasteiger partial charge in [0.1, 0.15) is 0 Å². The van der Waals surface area contributed by atoms with Gasteiger partial charge < -0.3 is 5.73 Å². The van der Waals surface area contributed by atoms with Crippen LogP contribution in [0.1, 0.15) is 24.5 Å². The summed E-state index contributed by atoms with van der Waals surface area (Å²) in [5.74, 6) is 0.745. The fraction of sp³-hybridized carbons (Fsp3) is 0.333. The van der Waals surface area contributed by atoms with E-state index in [9.17, 15) is 0 Å². The van der Waals surface area contributed by atoms with Gasteiger partial charge in [-0.1, -0.05) is 35.0 Å². The Kier molecular flexibility index (Phi) is 4.66. The Hall–Kier alpha value is -1.26. The molecule has 0 bridgehead atoms. The van der Waals surface area contributed by atoms with Gasteiger partial charge in [0, 0.05) is 28.5 Å². The first kappa shape index (κ1) is 14.2. The van der Waals surface area contributed by atoms with Crippen LogP contribution in [0.4, 0.5) is 0 Å². The molecule has 1 unspecified atom stereocenters. The van der Waals surface area contributed by atoms with Crippen molar-refractivity contribution >= 4 is 15.9 Å². The summed E-state index contributed by atoms with van der Waals surface area (Å²) in [5.41, 5.74) is 9.24. The molecule has 0 amide bonds. The minimum absolute atomic E-state index is 0.183. The van der Waals surface area contributed by atoms with Crippen LogP contribution in [-0.2, 0) is 6.42 Å². The molecule has 3 nitrogen and oxygen atoms in total. The molecule has 19 heavy (non-hydrogen) atoms. The predicted molar refractivity (Wildman–Crippen MR) is 81.9 cm³/mol. The Morgan fingerprint density at radius 3 is 2.53 bits per heavy atom. The third-order valence-electron chi connectivity index (χ3n) is 3.16. The van der Waals surface area contributed by atoms with Crippen LogP contribution in [0.2, 0.25) is 0 Å². The molecule has 0 saturated carbocycles. The van der Waals surface area contributed by atoms with E-state index in [4.69, 9.17) is 5.73 Å². The van der Waals surface area contributed by atoms with E-state index in [1.807, 2.05) is 24.5 Å². The number of hydrogen-bond acceptors (Lipinski definition) is 3. The summed E-state index contributed by atoms with van der Waals surface area (Å²) in [7, 11) is 0. The second kappa shape index (κ2) is 6.26. The fourth-order valence-corrected chi connectivity index (χ4v) is 2.17. The van der Waals surface area contributed by atoms with Crippen LogP contribution in [-0.4, -0.2) is 16.0 Å². The van der Waals surface area contributed by atoms with Gasteiger partial charge in [-0.3, -0.25) is 0 Å². The largest absolute Gasteiger partial charge is 0.327 e. The second-order valence-electron chi connectivity index (χ2n) is 4.75. The average Bonchev–Trinajstić information content (AvgIpc) is 2.42. The van der Waals surface area contributed by atoms with Gasteiger partial charge in [-0.05, 0) is 37.0 Å². The molecule has 1 atom stereocenters. The van der Waals surface area contributed by atoms with Crippen LogP contribution in [0, 0.1) is 6.92 Å². The van der Waals surface area contributed by atoms with Gasteiger partial charge in [0.15, 0.2) is 5.82 Å². The lowest BCUT2D eigenvalue weighted by atomic mass is 10.1. The average molecular weight is 320 g/mol. The van der Waals surface area contributed by atoms with E-state index in [2.05, 4.69) is 45.8 Å². The van der Waals surface area contributed by atoms with Gasteiger partial charge in [0.2, 0.25) is 0 Å². The molecule has 0 saturated heterocycles. The van der Waals surface area contributed by atoms with E-state index in [-0.39, 0.29) is 6.04 Å². The third-order valence-corrected chi connectivity index (χ3v) is 4.01. The van der Waals surface area contributed by atoms with E-state index in [1.165, 1.54) is 5.56 Å². The summed E-state index contributed by atoms with van der Waals surface area (Å²) in [6.45, 7) is 4.15. The summed E-state index contributed by atoms with van der Waals surface area (Å²) < 4.78 is 1.07. The van der Waals surface area contributed by atoms with Crippen LogP contribution in [0.5, 0.6) is 0 Å². The van der Waals surface area contributed by atoms with Gasteiger partial charge in [-0.25, -0.2) is 9.97 Å². The maximum Gasteiger partial charge on any atom is 0.159 e. The zero-order valence-electron chi connectivity index (χ0n) is 11.2. The molecule has 4 heteroatoms. The van der Waals surface area contributed by atoms with Crippen LogP contribution in [0.15, 0.2) is 35.1 Å². The van der Waals surface area contributed by atoms with Crippen molar-refractivity contribution in [2.45, 2.75) is 32.7 Å². The first-order valence-electron chi connectivity index (χ1n) is 6.43. The molecule has 0 spiro atoms. The first-order valence-corrected chi connectivity index (χ1v) is 7.22. The zero-order chi connectivity index (χ0) is 13.8. The molecule has 0 radical (unpaired) electrons. The molecule has 0 aliphatic heterocycles. The van der Waals surface area contributed by atoms with Crippen molar-refractivity contribution in [1.29, 1.82) is 0 Å². The smallest absolute Gasteiger partial charge is 0.159 e. The SMILES string of the molecule is CCC(N)Cc1cnc(-c2ccc(C)c(Br)c2)nc1. The minimum atomic E-state index is 0.183. The Balaban J connectivity index is 2.20. The summed E-state index contributed by atoms with van der Waals surface area (Å²) in [5, 5.41) is 0. The van der Waals surface area contributed by atoms with Crippen LogP contribution >= 0.6 is 15.9 Å². The number of aryl methyl sites for hydroxylation is 1. The minimum Gasteiger partial charge on any atom is -0.327 e. The van der Waals surface area contributed by atoms with E-state index in [0.717, 1.165) is 34.3 Å². The van der Waals surface area contributed by atoms with Crippen molar-refractivity contribution in [3.05, 3.63) is 46.2 Å². The van der Waals surface area contributed by atoms with Crippen molar-refractivity contribution < 1.29 is 0 Å². The van der Waals surface area contributed by atoms with E-state index < -0.39 is 0 Å². The summed E-state index contributed by atoms with van der Waals surface area (Å²) in [6, 6.07) is 6.32. The third kappa shape index (κ3) is 3.61. The number of halogens is 1. The standard InChI is InChI=1S/C15H18BrN3/c1-3-13(17)6-11-8-18-15(19-9-11)12-5-4-10(2)14(16)7-12/h4-5,7-9,13H,3,6,17H2,1-2H3. The highest BCUT2D eigenvalue weighted by atomic mass is 79.9. The molecule has 1 aromatic heterocycles. The number of rotatable bonds is 4. The van der Waals surface area contributed by atoms with Crippen LogP contribution in [0.3, 0.4) is 0 Å². The summed E-state index contributed by atoms with van der Waals surface area (Å²) in [6.07, 6.45) is 5.53. The quantitative estimate of drug-likeness (QED) is 0.938. The number of benzene rings is 1. The lowest BCUT2D eigenvalue weighted by Gasteiger charge is -2.08. The Labute approximate surface area is 122 Å². The van der Waals surface area contributed by atoms with Crippen LogP contribution in [0.25, 0.3) is 11.4 Å². The summed E-state index contributed by atoms with van der Waals surface area (Å²) >= 11 is 3.53. The Morgan fingerprint density at radius 1 is 1.26 bits per heavy atom. The highest BCUT2D eigenvalue weighted by Gasteiger charge is 2.06. The Bertz CT molecular complexity index is 552. The highest BCUT2D eigenvalue weighted by molar-refractivity contribution is 9.10. The van der Waals surface area contributed by atoms with Gasteiger partial charge in [0.25, 0.3) is 0 Å². The topological polar surface area (TPSA) is 51.8 Å². The number of nitrogens with two attached hydrogens (primary N) is 1. The Morgan fingerprint density at radius 2 is 1.95 bits per heavy atom. The number of aromatic nitrogens is 2. The maximum atomic E-state index is 5.93. The molecule has 1 heterocycles. The molecule has 2 aromatic rings.